The molecule has 1 aliphatic heterocycles. The lowest BCUT2D eigenvalue weighted by Gasteiger charge is -2.22. The van der Waals surface area contributed by atoms with Crippen LogP contribution in [0, 0.1) is 0 Å². The molecule has 0 bridgehead atoms. The van der Waals surface area contributed by atoms with Gasteiger partial charge in [-0.15, -0.1) is 11.3 Å². The van der Waals surface area contributed by atoms with Crippen LogP contribution in [0.15, 0.2) is 41.9 Å². The third-order valence-electron chi connectivity index (χ3n) is 5.58. The Hall–Kier alpha value is -3.17. The molecule has 1 aliphatic rings. The van der Waals surface area contributed by atoms with Crippen molar-refractivity contribution in [3.63, 3.8) is 0 Å². The minimum Gasteiger partial charge on any atom is -0.387 e. The van der Waals surface area contributed by atoms with Crippen LogP contribution in [0.25, 0.3) is 0 Å². The van der Waals surface area contributed by atoms with Crippen LogP contribution in [0.3, 0.4) is 0 Å². The van der Waals surface area contributed by atoms with Gasteiger partial charge in [-0.25, -0.2) is 4.98 Å². The number of benzene rings is 1. The summed E-state index contributed by atoms with van der Waals surface area (Å²) in [6.45, 7) is 3.76. The molecule has 32 heavy (non-hydrogen) atoms. The summed E-state index contributed by atoms with van der Waals surface area (Å²) in [7, 11) is 3.83. The minimum absolute atomic E-state index is 0.0176. The second-order valence-electron chi connectivity index (χ2n) is 7.67. The molecule has 9 heteroatoms. The molecule has 1 atom stereocenters. The van der Waals surface area contributed by atoms with Gasteiger partial charge in [-0.3, -0.25) is 4.79 Å². The number of carbonyl (C=O) groups is 1. The molecule has 0 radical (unpaired) electrons. The molecule has 3 heterocycles. The van der Waals surface area contributed by atoms with Crippen molar-refractivity contribution >= 4 is 40.4 Å². The van der Waals surface area contributed by atoms with Crippen LogP contribution < -0.4 is 20.9 Å². The van der Waals surface area contributed by atoms with E-state index in [0.717, 1.165) is 23.4 Å². The van der Waals surface area contributed by atoms with Crippen LogP contribution >= 0.6 is 11.3 Å². The summed E-state index contributed by atoms with van der Waals surface area (Å²) in [6.07, 6.45) is 2.41. The van der Waals surface area contributed by atoms with Crippen molar-refractivity contribution < 1.29 is 9.53 Å². The SMILES string of the molecule is CC[C@H](OCc1cccc(N2CCN(C)c3nc(N)ncc3C2=O)c1)c1sccc1NC. The molecule has 0 fully saturated rings. The van der Waals surface area contributed by atoms with Crippen LogP contribution in [-0.4, -0.2) is 43.1 Å². The Balaban J connectivity index is 1.54. The molecular formula is C23H28N6O2S. The lowest BCUT2D eigenvalue weighted by molar-refractivity contribution is 0.0399. The summed E-state index contributed by atoms with van der Waals surface area (Å²) in [5.74, 6) is 0.589. The van der Waals surface area contributed by atoms with Crippen molar-refractivity contribution in [2.45, 2.75) is 26.1 Å². The van der Waals surface area contributed by atoms with Gasteiger partial charge in [0, 0.05) is 39.1 Å². The molecule has 0 aliphatic carbocycles. The summed E-state index contributed by atoms with van der Waals surface area (Å²) in [4.78, 5) is 26.5. The second-order valence-corrected chi connectivity index (χ2v) is 8.62. The first-order valence-corrected chi connectivity index (χ1v) is 11.5. The van der Waals surface area contributed by atoms with Gasteiger partial charge in [0.2, 0.25) is 5.95 Å². The van der Waals surface area contributed by atoms with E-state index in [9.17, 15) is 4.79 Å². The zero-order valence-electron chi connectivity index (χ0n) is 18.5. The number of amides is 1. The van der Waals surface area contributed by atoms with E-state index in [-0.39, 0.29) is 18.0 Å². The molecule has 1 aromatic carbocycles. The summed E-state index contributed by atoms with van der Waals surface area (Å²) < 4.78 is 6.27. The van der Waals surface area contributed by atoms with Gasteiger partial charge in [0.1, 0.15) is 11.4 Å². The number of rotatable bonds is 7. The lowest BCUT2D eigenvalue weighted by Crippen LogP contribution is -2.33. The lowest BCUT2D eigenvalue weighted by atomic mass is 10.1. The molecule has 168 valence electrons. The summed E-state index contributed by atoms with van der Waals surface area (Å²) >= 11 is 1.70. The third kappa shape index (κ3) is 4.39. The highest BCUT2D eigenvalue weighted by molar-refractivity contribution is 7.10. The number of anilines is 4. The molecule has 3 aromatic rings. The number of nitrogens with zero attached hydrogens (tertiary/aromatic N) is 4. The summed E-state index contributed by atoms with van der Waals surface area (Å²) in [6, 6.07) is 10.0. The largest absolute Gasteiger partial charge is 0.387 e. The normalized spacial score (nSPS) is 14.8. The van der Waals surface area contributed by atoms with Crippen LogP contribution in [0.5, 0.6) is 0 Å². The van der Waals surface area contributed by atoms with E-state index in [1.165, 1.54) is 11.1 Å². The Labute approximate surface area is 192 Å². The van der Waals surface area contributed by atoms with E-state index in [1.807, 2.05) is 43.3 Å². The average molecular weight is 453 g/mol. The molecular weight excluding hydrogens is 424 g/mol. The van der Waals surface area contributed by atoms with Crippen LogP contribution in [0.1, 0.15) is 40.2 Å². The van der Waals surface area contributed by atoms with E-state index in [1.54, 1.807) is 16.2 Å². The number of hydrogen-bond donors (Lipinski definition) is 2. The first-order chi connectivity index (χ1) is 15.5. The predicted molar refractivity (Wildman–Crippen MR) is 130 cm³/mol. The highest BCUT2D eigenvalue weighted by Crippen LogP contribution is 2.34. The van der Waals surface area contributed by atoms with Gasteiger partial charge in [-0.2, -0.15) is 4.98 Å². The molecule has 0 unspecified atom stereocenters. The highest BCUT2D eigenvalue weighted by atomic mass is 32.1. The average Bonchev–Trinajstić information content (AvgIpc) is 3.24. The molecule has 0 saturated carbocycles. The van der Waals surface area contributed by atoms with Gasteiger partial charge < -0.3 is 25.6 Å². The van der Waals surface area contributed by atoms with Crippen LogP contribution in [-0.2, 0) is 11.3 Å². The number of nitrogens with two attached hydrogens (primary N) is 1. The number of ether oxygens (including phenoxy) is 1. The molecule has 1 amide bonds. The molecule has 4 rings (SSSR count). The quantitative estimate of drug-likeness (QED) is 0.561. The molecule has 0 saturated heterocycles. The van der Waals surface area contributed by atoms with Crippen molar-refractivity contribution in [1.82, 2.24) is 9.97 Å². The Morgan fingerprint density at radius 1 is 1.31 bits per heavy atom. The second kappa shape index (κ2) is 9.54. The third-order valence-corrected chi connectivity index (χ3v) is 6.59. The Morgan fingerprint density at radius 2 is 2.16 bits per heavy atom. The zero-order chi connectivity index (χ0) is 22.7. The smallest absolute Gasteiger partial charge is 0.263 e. The van der Waals surface area contributed by atoms with Crippen molar-refractivity contribution in [2.75, 3.05) is 48.0 Å². The summed E-state index contributed by atoms with van der Waals surface area (Å²) in [5, 5.41) is 5.31. The van der Waals surface area contributed by atoms with Crippen molar-refractivity contribution in [3.8, 4) is 0 Å². The van der Waals surface area contributed by atoms with Crippen molar-refractivity contribution in [2.24, 2.45) is 0 Å². The molecule has 3 N–H and O–H groups in total. The maximum Gasteiger partial charge on any atom is 0.263 e. The number of nitrogens with one attached hydrogen (secondary N) is 1. The fourth-order valence-corrected chi connectivity index (χ4v) is 4.88. The molecule has 2 aromatic heterocycles. The fraction of sp³-hybridized carbons (Fsp3) is 0.348. The van der Waals surface area contributed by atoms with Gasteiger partial charge in [0.15, 0.2) is 0 Å². The van der Waals surface area contributed by atoms with E-state index < -0.39 is 0 Å². The number of carbonyl (C=O) groups excluding carboxylic acids is 1. The van der Waals surface area contributed by atoms with E-state index >= 15 is 0 Å². The fourth-order valence-electron chi connectivity index (χ4n) is 3.84. The molecule has 0 spiro atoms. The topological polar surface area (TPSA) is 96.6 Å². The Kier molecular flexibility index (Phi) is 6.57. The predicted octanol–water partition coefficient (Wildman–Crippen LogP) is 3.93. The number of likely N-dealkylation sites (N-methyl/N-ethyl adjacent to an activating group) is 1. The van der Waals surface area contributed by atoms with E-state index in [2.05, 4.69) is 33.7 Å². The standard InChI is InChI=1S/C23H28N6O2S/c1-4-19(20-18(25-2)8-11-32-20)31-14-15-6-5-7-16(12-15)29-10-9-28(3)21-17(22(29)30)13-26-23(24)27-21/h5-8,11-13,19,25H,4,9-10,14H2,1-3H3,(H2,24,26,27)/t19-/m0/s1. The van der Waals surface area contributed by atoms with Gasteiger partial charge in [0.05, 0.1) is 23.3 Å². The van der Waals surface area contributed by atoms with Gasteiger partial charge in [0.25, 0.3) is 5.91 Å². The maximum atomic E-state index is 13.3. The van der Waals surface area contributed by atoms with E-state index in [4.69, 9.17) is 10.5 Å². The minimum atomic E-state index is -0.133. The maximum absolute atomic E-state index is 13.3. The highest BCUT2D eigenvalue weighted by Gasteiger charge is 2.28. The Morgan fingerprint density at radius 3 is 2.94 bits per heavy atom. The van der Waals surface area contributed by atoms with Crippen LogP contribution in [0.2, 0.25) is 0 Å². The molecule has 8 nitrogen and oxygen atoms in total. The number of thiophene rings is 1. The Bertz CT molecular complexity index is 1100. The van der Waals surface area contributed by atoms with Crippen molar-refractivity contribution in [1.29, 1.82) is 0 Å². The number of fused-ring (bicyclic) bond motifs is 1. The van der Waals surface area contributed by atoms with Gasteiger partial charge in [-0.05, 0) is 35.6 Å². The summed E-state index contributed by atoms with van der Waals surface area (Å²) in [5.41, 5.74) is 9.14. The van der Waals surface area contributed by atoms with Crippen LogP contribution in [0.4, 0.5) is 23.1 Å². The number of nitrogen functional groups attached to an aromatic ring is 1. The monoisotopic (exact) mass is 452 g/mol. The van der Waals surface area contributed by atoms with Gasteiger partial charge in [-0.1, -0.05) is 19.1 Å². The number of aromatic nitrogens is 2. The van der Waals surface area contributed by atoms with Crippen molar-refractivity contribution in [3.05, 3.63) is 57.9 Å². The number of hydrogen-bond acceptors (Lipinski definition) is 8. The van der Waals surface area contributed by atoms with E-state index in [0.29, 0.717) is 31.1 Å². The zero-order valence-corrected chi connectivity index (χ0v) is 19.4. The van der Waals surface area contributed by atoms with Gasteiger partial charge >= 0.3 is 0 Å². The first-order valence-electron chi connectivity index (χ1n) is 10.6. The first kappa shape index (κ1) is 22.0.